The zero-order chi connectivity index (χ0) is 22.6. The molecule has 2 fully saturated rings. The van der Waals surface area contributed by atoms with E-state index in [0.717, 1.165) is 56.8 Å². The predicted octanol–water partition coefficient (Wildman–Crippen LogP) is 3.19. The van der Waals surface area contributed by atoms with Gasteiger partial charge in [0.05, 0.1) is 29.7 Å². The molecule has 2 heterocycles. The number of benzene rings is 2. The molecule has 1 atom stereocenters. The quantitative estimate of drug-likeness (QED) is 0.721. The highest BCUT2D eigenvalue weighted by atomic mass is 32.2. The van der Waals surface area contributed by atoms with E-state index in [-0.39, 0.29) is 22.4 Å². The van der Waals surface area contributed by atoms with E-state index in [1.807, 2.05) is 19.1 Å². The maximum atomic E-state index is 13.2. The number of piperidine rings is 1. The number of hydrogen-bond donors (Lipinski definition) is 1. The molecule has 0 saturated carbocycles. The number of sulfonamides is 1. The first kappa shape index (κ1) is 22.8. The Morgan fingerprint density at radius 1 is 0.938 bits per heavy atom. The lowest BCUT2D eigenvalue weighted by Crippen LogP contribution is -2.37. The Hall–Kier alpha value is -2.42. The maximum absolute atomic E-state index is 13.2. The van der Waals surface area contributed by atoms with Gasteiger partial charge in [-0.3, -0.25) is 4.79 Å². The Morgan fingerprint density at radius 3 is 2.28 bits per heavy atom. The van der Waals surface area contributed by atoms with Crippen LogP contribution in [0.2, 0.25) is 0 Å². The molecule has 2 saturated heterocycles. The van der Waals surface area contributed by atoms with Crippen molar-refractivity contribution in [1.82, 2.24) is 9.62 Å². The summed E-state index contributed by atoms with van der Waals surface area (Å²) in [5, 5.41) is 2.97. The zero-order valence-electron chi connectivity index (χ0n) is 18.5. The van der Waals surface area contributed by atoms with Gasteiger partial charge >= 0.3 is 0 Å². The maximum Gasteiger partial charge on any atom is 0.253 e. The van der Waals surface area contributed by atoms with Gasteiger partial charge in [-0.05, 0) is 49.6 Å². The predicted molar refractivity (Wildman–Crippen MR) is 124 cm³/mol. The molecule has 1 unspecified atom stereocenters. The SMILES string of the molecule is CC(NC(=O)c1ccccc1S(=O)(=O)N1CCCCC1)c1ccc(N2CCOCC2)cc1. The molecule has 172 valence electrons. The van der Waals surface area contributed by atoms with E-state index >= 15 is 0 Å². The number of anilines is 1. The van der Waals surface area contributed by atoms with Crippen LogP contribution in [-0.4, -0.2) is 58.0 Å². The molecule has 0 aliphatic carbocycles. The topological polar surface area (TPSA) is 79.0 Å². The monoisotopic (exact) mass is 457 g/mol. The zero-order valence-corrected chi connectivity index (χ0v) is 19.3. The lowest BCUT2D eigenvalue weighted by molar-refractivity contribution is 0.0936. The van der Waals surface area contributed by atoms with Crippen molar-refractivity contribution in [1.29, 1.82) is 0 Å². The second-order valence-corrected chi connectivity index (χ2v) is 10.3. The number of amides is 1. The van der Waals surface area contributed by atoms with Gasteiger partial charge in [-0.2, -0.15) is 4.31 Å². The summed E-state index contributed by atoms with van der Waals surface area (Å²) in [5.74, 6) is -0.383. The van der Waals surface area contributed by atoms with Crippen LogP contribution in [0.1, 0.15) is 48.1 Å². The molecule has 0 bridgehead atoms. The molecule has 0 aromatic heterocycles. The van der Waals surface area contributed by atoms with Crippen LogP contribution in [0, 0.1) is 0 Å². The smallest absolute Gasteiger partial charge is 0.253 e. The average Bonchev–Trinajstić information content (AvgIpc) is 2.85. The molecular weight excluding hydrogens is 426 g/mol. The Morgan fingerprint density at radius 2 is 1.59 bits per heavy atom. The van der Waals surface area contributed by atoms with E-state index in [1.165, 1.54) is 10.4 Å². The van der Waals surface area contributed by atoms with Crippen molar-refractivity contribution in [3.63, 3.8) is 0 Å². The van der Waals surface area contributed by atoms with Gasteiger partial charge in [-0.25, -0.2) is 8.42 Å². The number of nitrogens with zero attached hydrogens (tertiary/aromatic N) is 2. The largest absolute Gasteiger partial charge is 0.378 e. The molecule has 1 N–H and O–H groups in total. The van der Waals surface area contributed by atoms with Crippen molar-refractivity contribution in [2.75, 3.05) is 44.3 Å². The molecule has 2 aromatic carbocycles. The van der Waals surface area contributed by atoms with Gasteiger partial charge in [0.15, 0.2) is 0 Å². The lowest BCUT2D eigenvalue weighted by Gasteiger charge is -2.29. The second kappa shape index (κ2) is 10.0. The molecule has 8 heteroatoms. The number of morpholine rings is 1. The Balaban J connectivity index is 1.48. The second-order valence-electron chi connectivity index (χ2n) is 8.35. The molecule has 0 spiro atoms. The summed E-state index contributed by atoms with van der Waals surface area (Å²) < 4.78 is 33.3. The van der Waals surface area contributed by atoms with Gasteiger partial charge in [0.25, 0.3) is 5.91 Å². The van der Waals surface area contributed by atoms with Crippen LogP contribution in [0.4, 0.5) is 5.69 Å². The van der Waals surface area contributed by atoms with Crippen molar-refractivity contribution < 1.29 is 17.9 Å². The first-order chi connectivity index (χ1) is 15.5. The molecule has 2 aromatic rings. The first-order valence-electron chi connectivity index (χ1n) is 11.3. The summed E-state index contributed by atoms with van der Waals surface area (Å²) in [5.41, 5.74) is 2.29. The van der Waals surface area contributed by atoms with Crippen LogP contribution in [0.15, 0.2) is 53.4 Å². The number of carbonyl (C=O) groups is 1. The molecular formula is C24H31N3O4S. The van der Waals surface area contributed by atoms with Gasteiger partial charge in [0.1, 0.15) is 0 Å². The summed E-state index contributed by atoms with van der Waals surface area (Å²) in [6.07, 6.45) is 2.74. The number of rotatable bonds is 6. The van der Waals surface area contributed by atoms with E-state index < -0.39 is 10.0 Å². The van der Waals surface area contributed by atoms with E-state index in [2.05, 4.69) is 22.3 Å². The summed E-state index contributed by atoms with van der Waals surface area (Å²) in [7, 11) is -3.70. The molecule has 7 nitrogen and oxygen atoms in total. The summed E-state index contributed by atoms with van der Waals surface area (Å²) in [6, 6.07) is 14.3. The van der Waals surface area contributed by atoms with Crippen molar-refractivity contribution in [2.45, 2.75) is 37.1 Å². The highest BCUT2D eigenvalue weighted by Crippen LogP contribution is 2.25. The highest BCUT2D eigenvalue weighted by Gasteiger charge is 2.30. The standard InChI is InChI=1S/C24H31N3O4S/c1-19(20-9-11-21(12-10-20)26-15-17-31-18-16-26)25-24(28)22-7-3-4-8-23(22)32(29,30)27-13-5-2-6-14-27/h3-4,7-12,19H,2,5-6,13-18H2,1H3,(H,25,28). The third-order valence-electron chi connectivity index (χ3n) is 6.18. The minimum Gasteiger partial charge on any atom is -0.378 e. The number of nitrogens with one attached hydrogen (secondary N) is 1. The highest BCUT2D eigenvalue weighted by molar-refractivity contribution is 7.89. The van der Waals surface area contributed by atoms with Crippen LogP contribution in [0.5, 0.6) is 0 Å². The fourth-order valence-corrected chi connectivity index (χ4v) is 5.98. The molecule has 32 heavy (non-hydrogen) atoms. The van der Waals surface area contributed by atoms with Gasteiger partial charge in [-0.15, -0.1) is 0 Å². The Kier molecular flexibility index (Phi) is 7.13. The average molecular weight is 458 g/mol. The van der Waals surface area contributed by atoms with Crippen molar-refractivity contribution in [3.05, 3.63) is 59.7 Å². The molecule has 2 aliphatic rings. The fraction of sp³-hybridized carbons (Fsp3) is 0.458. The van der Waals surface area contributed by atoms with Crippen LogP contribution in [0.3, 0.4) is 0 Å². The summed E-state index contributed by atoms with van der Waals surface area (Å²) in [4.78, 5) is 15.4. The molecule has 1 amide bonds. The van der Waals surface area contributed by atoms with Gasteiger partial charge in [0.2, 0.25) is 10.0 Å². The van der Waals surface area contributed by atoms with Crippen molar-refractivity contribution in [3.8, 4) is 0 Å². The third kappa shape index (κ3) is 4.98. The van der Waals surface area contributed by atoms with Crippen LogP contribution in [-0.2, 0) is 14.8 Å². The summed E-state index contributed by atoms with van der Waals surface area (Å²) >= 11 is 0. The summed E-state index contributed by atoms with van der Waals surface area (Å²) in [6.45, 7) is 6.11. The van der Waals surface area contributed by atoms with Gasteiger partial charge < -0.3 is 15.0 Å². The van der Waals surface area contributed by atoms with E-state index in [4.69, 9.17) is 4.74 Å². The molecule has 2 aliphatic heterocycles. The van der Waals surface area contributed by atoms with E-state index in [1.54, 1.807) is 18.2 Å². The Labute approximate surface area is 190 Å². The minimum absolute atomic E-state index is 0.0780. The van der Waals surface area contributed by atoms with Crippen molar-refractivity contribution >= 4 is 21.6 Å². The number of hydrogen-bond acceptors (Lipinski definition) is 5. The first-order valence-corrected chi connectivity index (χ1v) is 12.7. The van der Waals surface area contributed by atoms with Crippen LogP contribution >= 0.6 is 0 Å². The van der Waals surface area contributed by atoms with Gasteiger partial charge in [0, 0.05) is 31.9 Å². The van der Waals surface area contributed by atoms with Crippen LogP contribution in [0.25, 0.3) is 0 Å². The van der Waals surface area contributed by atoms with Crippen LogP contribution < -0.4 is 10.2 Å². The van der Waals surface area contributed by atoms with E-state index in [0.29, 0.717) is 13.1 Å². The third-order valence-corrected chi connectivity index (χ3v) is 8.14. The fourth-order valence-electron chi connectivity index (χ4n) is 4.28. The normalized spacial score (nSPS) is 18.8. The molecule has 4 rings (SSSR count). The molecule has 0 radical (unpaired) electrons. The number of ether oxygens (including phenoxy) is 1. The van der Waals surface area contributed by atoms with Gasteiger partial charge in [-0.1, -0.05) is 30.7 Å². The lowest BCUT2D eigenvalue weighted by atomic mass is 10.1. The van der Waals surface area contributed by atoms with E-state index in [9.17, 15) is 13.2 Å². The van der Waals surface area contributed by atoms with Crippen molar-refractivity contribution in [2.24, 2.45) is 0 Å². The minimum atomic E-state index is -3.70. The number of carbonyl (C=O) groups excluding carboxylic acids is 1. The Bertz CT molecular complexity index is 1030.